The number of nitrogens with zero attached hydrogens (tertiary/aromatic N) is 2. The van der Waals surface area contributed by atoms with Gasteiger partial charge in [-0.15, -0.1) is 0 Å². The predicted octanol–water partition coefficient (Wildman–Crippen LogP) is 7.76. The number of ether oxygens (including phenoxy) is 4. The van der Waals surface area contributed by atoms with Gasteiger partial charge >= 0.3 is 11.9 Å². The van der Waals surface area contributed by atoms with E-state index in [9.17, 15) is 28.1 Å². The van der Waals surface area contributed by atoms with Crippen LogP contribution in [0.5, 0.6) is 28.7 Å². The van der Waals surface area contributed by atoms with Gasteiger partial charge in [0.15, 0.2) is 23.0 Å². The van der Waals surface area contributed by atoms with Crippen LogP contribution in [0.4, 0.5) is 18.9 Å². The molecule has 0 aliphatic rings. The molecule has 0 saturated carbocycles. The van der Waals surface area contributed by atoms with Crippen molar-refractivity contribution in [3.8, 4) is 28.7 Å². The standard InChI is InChI=1S/C31H25F3IN3O7/c1-3-43-28-14-20(13-23(35)29(28)45-25-12-10-22(31(32,33)34)16-24(25)38(40)41)17-36-37-30(39)21-9-11-26(27(15-21)42-2)44-18-19-7-5-4-6-8-19/h4-17H,3,18H2,1-2H3,(H,37,39)/b36-17+. The fraction of sp³-hybridized carbons (Fsp3) is 0.161. The molecule has 0 aliphatic heterocycles. The Balaban J connectivity index is 1.49. The monoisotopic (exact) mass is 735 g/mol. The summed E-state index contributed by atoms with van der Waals surface area (Å²) in [4.78, 5) is 23.3. The summed E-state index contributed by atoms with van der Waals surface area (Å²) in [5.74, 6) is 0.122. The summed E-state index contributed by atoms with van der Waals surface area (Å²) in [6.45, 7) is 2.21. The second-order valence-corrected chi connectivity index (χ2v) is 10.3. The number of hydrazone groups is 1. The van der Waals surface area contributed by atoms with Gasteiger partial charge in [-0.25, -0.2) is 5.43 Å². The maximum absolute atomic E-state index is 13.1. The smallest absolute Gasteiger partial charge is 0.416 e. The van der Waals surface area contributed by atoms with E-state index in [0.717, 1.165) is 11.6 Å². The number of hydrogen-bond acceptors (Lipinski definition) is 8. The highest BCUT2D eigenvalue weighted by atomic mass is 127. The third kappa shape index (κ3) is 8.62. The van der Waals surface area contributed by atoms with Crippen LogP contribution in [-0.2, 0) is 12.8 Å². The average Bonchev–Trinajstić information content (AvgIpc) is 3.01. The molecule has 1 amide bonds. The Labute approximate surface area is 269 Å². The van der Waals surface area contributed by atoms with Crippen LogP contribution in [0.25, 0.3) is 0 Å². The zero-order valence-electron chi connectivity index (χ0n) is 23.8. The first-order valence-electron chi connectivity index (χ1n) is 13.2. The van der Waals surface area contributed by atoms with Crippen LogP contribution in [0.2, 0.25) is 0 Å². The summed E-state index contributed by atoms with van der Waals surface area (Å²) in [6, 6.07) is 19.4. The van der Waals surface area contributed by atoms with Crippen molar-refractivity contribution in [2.45, 2.75) is 19.7 Å². The van der Waals surface area contributed by atoms with E-state index in [1.165, 1.54) is 25.5 Å². The molecule has 234 valence electrons. The zero-order valence-corrected chi connectivity index (χ0v) is 25.9. The fourth-order valence-corrected chi connectivity index (χ4v) is 4.69. The van der Waals surface area contributed by atoms with E-state index in [1.807, 2.05) is 52.9 Å². The number of rotatable bonds is 12. The number of carbonyl (C=O) groups excluding carboxylic acids is 1. The molecule has 0 aliphatic carbocycles. The van der Waals surface area contributed by atoms with Crippen molar-refractivity contribution in [2.24, 2.45) is 5.10 Å². The molecule has 0 unspecified atom stereocenters. The predicted molar refractivity (Wildman–Crippen MR) is 167 cm³/mol. The highest BCUT2D eigenvalue weighted by Gasteiger charge is 2.33. The van der Waals surface area contributed by atoms with Crippen LogP contribution >= 0.6 is 22.6 Å². The van der Waals surface area contributed by atoms with Gasteiger partial charge in [-0.05, 0) is 83.1 Å². The molecule has 4 aromatic carbocycles. The van der Waals surface area contributed by atoms with Crippen LogP contribution in [0.3, 0.4) is 0 Å². The van der Waals surface area contributed by atoms with Crippen LogP contribution in [0, 0.1) is 13.7 Å². The maximum Gasteiger partial charge on any atom is 0.416 e. The molecule has 0 fully saturated rings. The Bertz CT molecular complexity index is 1720. The van der Waals surface area contributed by atoms with E-state index in [0.29, 0.717) is 39.4 Å². The van der Waals surface area contributed by atoms with Crippen molar-refractivity contribution in [1.29, 1.82) is 0 Å². The Morgan fingerprint density at radius 2 is 1.71 bits per heavy atom. The summed E-state index contributed by atoms with van der Waals surface area (Å²) in [6.07, 6.45) is -3.42. The minimum Gasteiger partial charge on any atom is -0.493 e. The Morgan fingerprint density at radius 3 is 2.38 bits per heavy atom. The number of nitro benzene ring substituents is 1. The second-order valence-electron chi connectivity index (χ2n) is 9.14. The molecule has 10 nitrogen and oxygen atoms in total. The molecule has 0 saturated heterocycles. The van der Waals surface area contributed by atoms with Crippen molar-refractivity contribution in [1.82, 2.24) is 5.43 Å². The molecule has 0 radical (unpaired) electrons. The summed E-state index contributed by atoms with van der Waals surface area (Å²) in [5.41, 5.74) is 2.10. The Hall–Kier alpha value is -4.86. The first-order chi connectivity index (χ1) is 21.5. The van der Waals surface area contributed by atoms with Gasteiger partial charge in [-0.3, -0.25) is 14.9 Å². The van der Waals surface area contributed by atoms with E-state index in [4.69, 9.17) is 18.9 Å². The van der Waals surface area contributed by atoms with Gasteiger partial charge in [0.1, 0.15) is 6.61 Å². The SMILES string of the molecule is CCOc1cc(/C=N/NC(=O)c2ccc(OCc3ccccc3)c(OC)c2)cc(I)c1Oc1ccc(C(F)(F)F)cc1[N+](=O)[O-]. The molecule has 0 bridgehead atoms. The lowest BCUT2D eigenvalue weighted by molar-refractivity contribution is -0.385. The highest BCUT2D eigenvalue weighted by Crippen LogP contribution is 2.42. The van der Waals surface area contributed by atoms with Crippen molar-refractivity contribution in [3.63, 3.8) is 0 Å². The van der Waals surface area contributed by atoms with Crippen LogP contribution in [0.15, 0.2) is 84.0 Å². The normalized spacial score (nSPS) is 11.2. The van der Waals surface area contributed by atoms with Crippen LogP contribution < -0.4 is 24.4 Å². The van der Waals surface area contributed by atoms with Gasteiger partial charge in [-0.2, -0.15) is 18.3 Å². The third-order valence-corrected chi connectivity index (χ3v) is 6.87. The van der Waals surface area contributed by atoms with Gasteiger partial charge in [0.05, 0.1) is 34.0 Å². The summed E-state index contributed by atoms with van der Waals surface area (Å²) in [5, 5.41) is 15.5. The molecule has 4 aromatic rings. The fourth-order valence-electron chi connectivity index (χ4n) is 3.95. The molecule has 45 heavy (non-hydrogen) atoms. The number of alkyl halides is 3. The number of carbonyl (C=O) groups is 1. The zero-order chi connectivity index (χ0) is 32.6. The van der Waals surface area contributed by atoms with E-state index < -0.39 is 34.0 Å². The Morgan fingerprint density at radius 1 is 0.978 bits per heavy atom. The Kier molecular flexibility index (Phi) is 10.8. The number of nitrogens with one attached hydrogen (secondary N) is 1. The lowest BCUT2D eigenvalue weighted by Crippen LogP contribution is -2.17. The van der Waals surface area contributed by atoms with Gasteiger partial charge in [-0.1, -0.05) is 30.3 Å². The first-order valence-corrected chi connectivity index (χ1v) is 14.3. The van der Waals surface area contributed by atoms with Crippen LogP contribution in [0.1, 0.15) is 34.0 Å². The van der Waals surface area contributed by atoms with E-state index in [-0.39, 0.29) is 23.7 Å². The lowest BCUT2D eigenvalue weighted by Gasteiger charge is -2.15. The number of benzene rings is 4. The molecule has 0 heterocycles. The molecular weight excluding hydrogens is 710 g/mol. The minimum absolute atomic E-state index is 0.0585. The molecule has 14 heteroatoms. The first kappa shape index (κ1) is 33.0. The van der Waals surface area contributed by atoms with Gasteiger partial charge in [0.2, 0.25) is 5.75 Å². The number of nitro groups is 1. The quantitative estimate of drug-likeness (QED) is 0.0684. The summed E-state index contributed by atoms with van der Waals surface area (Å²) >= 11 is 1.89. The van der Waals surface area contributed by atoms with Crippen molar-refractivity contribution < 1.29 is 41.8 Å². The second kappa shape index (κ2) is 14.7. The highest BCUT2D eigenvalue weighted by molar-refractivity contribution is 14.1. The van der Waals surface area contributed by atoms with Crippen molar-refractivity contribution in [3.05, 3.63) is 115 Å². The topological polar surface area (TPSA) is 122 Å². The van der Waals surface area contributed by atoms with Crippen molar-refractivity contribution in [2.75, 3.05) is 13.7 Å². The third-order valence-electron chi connectivity index (χ3n) is 6.07. The molecule has 0 spiro atoms. The van der Waals surface area contributed by atoms with Gasteiger partial charge in [0, 0.05) is 11.6 Å². The number of halogens is 4. The van der Waals surface area contributed by atoms with Crippen LogP contribution in [-0.4, -0.2) is 30.8 Å². The van der Waals surface area contributed by atoms with E-state index in [1.54, 1.807) is 25.1 Å². The summed E-state index contributed by atoms with van der Waals surface area (Å²) < 4.78 is 62.3. The lowest BCUT2D eigenvalue weighted by atomic mass is 10.1. The number of amides is 1. The van der Waals surface area contributed by atoms with Crippen molar-refractivity contribution >= 4 is 40.4 Å². The number of methoxy groups -OCH3 is 1. The van der Waals surface area contributed by atoms with Gasteiger partial charge in [0.25, 0.3) is 5.91 Å². The maximum atomic E-state index is 13.1. The number of hydrogen-bond donors (Lipinski definition) is 1. The minimum atomic E-state index is -4.77. The van der Waals surface area contributed by atoms with E-state index in [2.05, 4.69) is 10.5 Å². The average molecular weight is 735 g/mol. The van der Waals surface area contributed by atoms with E-state index >= 15 is 0 Å². The molecule has 1 N–H and O–H groups in total. The van der Waals surface area contributed by atoms with Gasteiger partial charge < -0.3 is 18.9 Å². The molecule has 0 aromatic heterocycles. The summed E-state index contributed by atoms with van der Waals surface area (Å²) in [7, 11) is 1.46. The molecule has 4 rings (SSSR count). The largest absolute Gasteiger partial charge is 0.493 e. The molecular formula is C31H25F3IN3O7. The molecule has 0 atom stereocenters.